The predicted octanol–water partition coefficient (Wildman–Crippen LogP) is 1.83. The van der Waals surface area contributed by atoms with Crippen LogP contribution >= 0.6 is 0 Å². The maximum absolute atomic E-state index is 13.3. The molecule has 6 rings (SSSR count). The van der Waals surface area contributed by atoms with Gasteiger partial charge in [-0.2, -0.15) is 5.10 Å². The number of benzene rings is 2. The summed E-state index contributed by atoms with van der Waals surface area (Å²) < 4.78 is 6.96. The molecule has 2 fully saturated rings. The number of rotatable bonds is 6. The topological polar surface area (TPSA) is 96.7 Å². The molecule has 1 aliphatic carbocycles. The second-order valence-corrected chi connectivity index (χ2v) is 10.4. The molecule has 3 aromatic rings. The zero-order valence-electron chi connectivity index (χ0n) is 20.5. The molecule has 2 unspecified atom stereocenters. The summed E-state index contributed by atoms with van der Waals surface area (Å²) in [7, 11) is 0. The first kappa shape index (κ1) is 23.3. The van der Waals surface area contributed by atoms with Crippen LogP contribution in [-0.2, 0) is 24.1 Å². The summed E-state index contributed by atoms with van der Waals surface area (Å²) in [6, 6.07) is 14.2. The van der Waals surface area contributed by atoms with E-state index in [4.69, 9.17) is 4.74 Å². The number of fused-ring (bicyclic) bond motifs is 4. The summed E-state index contributed by atoms with van der Waals surface area (Å²) in [5, 5.41) is 19.8. The summed E-state index contributed by atoms with van der Waals surface area (Å²) in [5.41, 5.74) is 3.69. The molecule has 3 atom stereocenters. The zero-order chi connectivity index (χ0) is 24.8. The summed E-state index contributed by atoms with van der Waals surface area (Å²) in [5.74, 6) is -0.00756. The molecule has 36 heavy (non-hydrogen) atoms. The molecule has 2 aromatic carbocycles. The van der Waals surface area contributed by atoms with E-state index in [2.05, 4.69) is 34.7 Å². The van der Waals surface area contributed by atoms with Crippen LogP contribution in [0.1, 0.15) is 40.0 Å². The minimum Gasteiger partial charge on any atom is -0.390 e. The molecule has 2 bridgehead atoms. The monoisotopic (exact) mass is 488 g/mol. The Balaban J connectivity index is 1.15. The van der Waals surface area contributed by atoms with Gasteiger partial charge in [0.1, 0.15) is 0 Å². The van der Waals surface area contributed by atoms with Gasteiger partial charge in [-0.05, 0) is 61.9 Å². The molecule has 0 saturated carbocycles. The number of hydrogen-bond acceptors (Lipinski definition) is 6. The molecule has 1 aromatic heterocycles. The van der Waals surface area contributed by atoms with Crippen molar-refractivity contribution in [1.29, 1.82) is 0 Å². The Morgan fingerprint density at radius 3 is 2.50 bits per heavy atom. The van der Waals surface area contributed by atoms with Crippen molar-refractivity contribution in [3.63, 3.8) is 0 Å². The van der Waals surface area contributed by atoms with Crippen molar-refractivity contribution < 1.29 is 14.6 Å². The lowest BCUT2D eigenvalue weighted by Crippen LogP contribution is -2.49. The van der Waals surface area contributed by atoms with Crippen molar-refractivity contribution in [2.75, 3.05) is 19.8 Å². The number of nitrogens with zero attached hydrogens (tertiary/aromatic N) is 3. The molecular weight excluding hydrogens is 456 g/mol. The van der Waals surface area contributed by atoms with Gasteiger partial charge < -0.3 is 20.1 Å². The van der Waals surface area contributed by atoms with E-state index in [0.717, 1.165) is 25.7 Å². The standard InChI is InChI=1S/C28H32N4O4/c1-17-26-12-20(27(34)32-22-7-8-23(32)16-36-15-22)6-9-25(26)28(35)31(30-17)14-24(33)13-29-21-10-18-4-2-3-5-19(18)11-21/h2-6,9,12,21-24,29,33H,7-8,10-11,13-16H2,1H3/t22?,23?,24-/m0/s1. The molecule has 8 nitrogen and oxygen atoms in total. The smallest absolute Gasteiger partial charge is 0.274 e. The van der Waals surface area contributed by atoms with Crippen LogP contribution in [0.4, 0.5) is 0 Å². The first-order valence-electron chi connectivity index (χ1n) is 12.9. The van der Waals surface area contributed by atoms with E-state index >= 15 is 0 Å². The SMILES string of the molecule is Cc1nn(C[C@@H](O)CNC2Cc3ccccc3C2)c(=O)c2ccc(C(=O)N3C4CCC3COC4)cc12. The highest BCUT2D eigenvalue weighted by molar-refractivity contribution is 5.99. The molecule has 2 saturated heterocycles. The summed E-state index contributed by atoms with van der Waals surface area (Å²) in [6.07, 6.45) is 3.10. The van der Waals surface area contributed by atoms with Gasteiger partial charge in [-0.25, -0.2) is 4.68 Å². The van der Waals surface area contributed by atoms with Crippen LogP contribution in [0.25, 0.3) is 10.8 Å². The van der Waals surface area contributed by atoms with Crippen LogP contribution in [-0.4, -0.2) is 69.7 Å². The van der Waals surface area contributed by atoms with E-state index in [-0.39, 0.29) is 36.1 Å². The quantitative estimate of drug-likeness (QED) is 0.550. The van der Waals surface area contributed by atoms with Gasteiger partial charge in [-0.3, -0.25) is 9.59 Å². The molecule has 2 aliphatic heterocycles. The number of morpholine rings is 1. The average Bonchev–Trinajstić information content (AvgIpc) is 3.42. The highest BCUT2D eigenvalue weighted by Gasteiger charge is 2.40. The number of hydrogen-bond donors (Lipinski definition) is 2. The number of aliphatic hydroxyl groups is 1. The Kier molecular flexibility index (Phi) is 6.11. The van der Waals surface area contributed by atoms with Crippen LogP contribution in [0.3, 0.4) is 0 Å². The molecule has 3 heterocycles. The largest absolute Gasteiger partial charge is 0.390 e. The Labute approximate surface area is 209 Å². The van der Waals surface area contributed by atoms with Crippen molar-refractivity contribution in [2.45, 2.75) is 63.4 Å². The molecule has 3 aliphatic rings. The molecule has 2 N–H and O–H groups in total. The summed E-state index contributed by atoms with van der Waals surface area (Å²) in [6.45, 7) is 3.52. The van der Waals surface area contributed by atoms with Gasteiger partial charge >= 0.3 is 0 Å². The summed E-state index contributed by atoms with van der Waals surface area (Å²) >= 11 is 0. The fraction of sp³-hybridized carbons (Fsp3) is 0.464. The molecule has 8 heteroatoms. The highest BCUT2D eigenvalue weighted by atomic mass is 16.5. The first-order chi connectivity index (χ1) is 17.5. The molecule has 0 radical (unpaired) electrons. The lowest BCUT2D eigenvalue weighted by molar-refractivity contribution is -0.00714. The number of carbonyl (C=O) groups excluding carboxylic acids is 1. The van der Waals surface area contributed by atoms with Crippen molar-refractivity contribution in [2.24, 2.45) is 0 Å². The van der Waals surface area contributed by atoms with Crippen LogP contribution in [0.2, 0.25) is 0 Å². The number of carbonyl (C=O) groups is 1. The third-order valence-electron chi connectivity index (χ3n) is 7.94. The third kappa shape index (κ3) is 4.23. The fourth-order valence-electron chi connectivity index (χ4n) is 6.09. The number of aryl methyl sites for hydroxylation is 1. The Hall–Kier alpha value is -3.07. The number of aliphatic hydroxyl groups excluding tert-OH is 1. The van der Waals surface area contributed by atoms with Crippen LogP contribution in [0.15, 0.2) is 47.3 Å². The summed E-state index contributed by atoms with van der Waals surface area (Å²) in [4.78, 5) is 28.4. The highest BCUT2D eigenvalue weighted by Crippen LogP contribution is 2.31. The van der Waals surface area contributed by atoms with Gasteiger partial charge in [0.25, 0.3) is 11.5 Å². The first-order valence-corrected chi connectivity index (χ1v) is 12.9. The van der Waals surface area contributed by atoms with Crippen LogP contribution in [0, 0.1) is 6.92 Å². The number of nitrogens with one attached hydrogen (secondary N) is 1. The molecule has 0 spiro atoms. The molecular formula is C28H32N4O4. The lowest BCUT2D eigenvalue weighted by Gasteiger charge is -2.34. The number of ether oxygens (including phenoxy) is 1. The van der Waals surface area contributed by atoms with Crippen LogP contribution in [0.5, 0.6) is 0 Å². The van der Waals surface area contributed by atoms with Crippen molar-refractivity contribution in [3.8, 4) is 0 Å². The third-order valence-corrected chi connectivity index (χ3v) is 7.94. The minimum atomic E-state index is -0.742. The normalized spacial score (nSPS) is 22.2. The Morgan fingerprint density at radius 1 is 1.11 bits per heavy atom. The Bertz CT molecular complexity index is 1330. The van der Waals surface area contributed by atoms with Gasteiger partial charge in [-0.15, -0.1) is 0 Å². The van der Waals surface area contributed by atoms with E-state index in [0.29, 0.717) is 41.8 Å². The number of amides is 1. The van der Waals surface area contributed by atoms with Crippen molar-refractivity contribution in [3.05, 3.63) is 75.2 Å². The van der Waals surface area contributed by atoms with Gasteiger partial charge in [0.15, 0.2) is 0 Å². The maximum atomic E-state index is 13.3. The number of aromatic nitrogens is 2. The Morgan fingerprint density at radius 2 is 1.81 bits per heavy atom. The lowest BCUT2D eigenvalue weighted by atomic mass is 10.1. The van der Waals surface area contributed by atoms with Crippen molar-refractivity contribution >= 4 is 16.7 Å². The average molecular weight is 489 g/mol. The van der Waals surface area contributed by atoms with E-state index in [1.54, 1.807) is 18.2 Å². The van der Waals surface area contributed by atoms with E-state index in [1.807, 2.05) is 11.8 Å². The zero-order valence-corrected chi connectivity index (χ0v) is 20.5. The van der Waals surface area contributed by atoms with Crippen LogP contribution < -0.4 is 10.9 Å². The second-order valence-electron chi connectivity index (χ2n) is 10.4. The van der Waals surface area contributed by atoms with Gasteiger partial charge in [-0.1, -0.05) is 24.3 Å². The molecule has 188 valence electrons. The predicted molar refractivity (Wildman–Crippen MR) is 136 cm³/mol. The van der Waals surface area contributed by atoms with Gasteiger partial charge in [0.2, 0.25) is 0 Å². The second kappa shape index (κ2) is 9.42. The molecule has 1 amide bonds. The van der Waals surface area contributed by atoms with Gasteiger partial charge in [0.05, 0.1) is 49.0 Å². The van der Waals surface area contributed by atoms with Gasteiger partial charge in [0, 0.05) is 23.5 Å². The fourth-order valence-corrected chi connectivity index (χ4v) is 6.09. The minimum absolute atomic E-state index is 0.00756. The van der Waals surface area contributed by atoms with E-state index in [9.17, 15) is 14.7 Å². The van der Waals surface area contributed by atoms with E-state index in [1.165, 1.54) is 15.8 Å². The van der Waals surface area contributed by atoms with Crippen molar-refractivity contribution in [1.82, 2.24) is 20.0 Å². The maximum Gasteiger partial charge on any atom is 0.274 e. The van der Waals surface area contributed by atoms with E-state index < -0.39 is 6.10 Å².